The summed E-state index contributed by atoms with van der Waals surface area (Å²) in [7, 11) is 4.13. The quantitative estimate of drug-likeness (QED) is 0.170. The van der Waals surface area contributed by atoms with Crippen LogP contribution in [0.3, 0.4) is 0 Å². The zero-order valence-corrected chi connectivity index (χ0v) is 25.9. The Kier molecular flexibility index (Phi) is 9.51. The second-order valence-electron chi connectivity index (χ2n) is 8.95. The lowest BCUT2D eigenvalue weighted by atomic mass is 10.4. The van der Waals surface area contributed by atoms with Gasteiger partial charge in [-0.05, 0) is 87.6 Å². The minimum Gasteiger partial charge on any atom is -0.101 e. The van der Waals surface area contributed by atoms with Gasteiger partial charge in [0.1, 0.15) is 0 Å². The second-order valence-corrected chi connectivity index (χ2v) is 18.2. The molecule has 0 fully saturated rings. The van der Waals surface area contributed by atoms with Crippen LogP contribution in [0.2, 0.25) is 0 Å². The van der Waals surface area contributed by atoms with Gasteiger partial charge in [0.05, 0.1) is 0 Å². The van der Waals surface area contributed by atoms with E-state index < -0.39 is 17.7 Å². The summed E-state index contributed by atoms with van der Waals surface area (Å²) in [5, 5.41) is 0. The molecule has 0 aromatic heterocycles. The average molecular weight is 642 g/mol. The van der Waals surface area contributed by atoms with Crippen LogP contribution in [-0.2, 0) is 0 Å². The first kappa shape index (κ1) is 28.3. The first-order valence-corrected chi connectivity index (χ1v) is 18.9. The Morgan fingerprint density at radius 3 is 0.675 bits per heavy atom. The first-order chi connectivity index (χ1) is 19.6. The molecule has 0 saturated carbocycles. The minimum atomic E-state index is -1.70. The fourth-order valence-corrected chi connectivity index (χ4v) is 12.2. The first-order valence-electron chi connectivity index (χ1n) is 13.0. The van der Waals surface area contributed by atoms with E-state index in [0.29, 0.717) is 0 Å². The Bertz CT molecular complexity index is 1260. The van der Waals surface area contributed by atoms with Crippen molar-refractivity contribution in [1.29, 1.82) is 0 Å². The third kappa shape index (κ3) is 6.09. The normalized spacial score (nSPS) is 12.1. The lowest BCUT2D eigenvalue weighted by Crippen LogP contribution is -1.96. The van der Waals surface area contributed by atoms with Gasteiger partial charge in [0.15, 0.2) is 0 Å². The van der Waals surface area contributed by atoms with Crippen LogP contribution < -0.4 is 0 Å². The summed E-state index contributed by atoms with van der Waals surface area (Å²) in [6, 6.07) is 63.0. The molecule has 6 rings (SSSR count). The number of benzene rings is 6. The van der Waals surface area contributed by atoms with Crippen molar-refractivity contribution in [1.82, 2.24) is 0 Å². The van der Waals surface area contributed by atoms with Gasteiger partial charge in [0.25, 0.3) is 0 Å². The van der Waals surface area contributed by atoms with Gasteiger partial charge in [0, 0.05) is 29.4 Å². The van der Waals surface area contributed by atoms with Crippen LogP contribution in [0.1, 0.15) is 0 Å². The molecule has 0 spiro atoms. The lowest BCUT2D eigenvalue weighted by molar-refractivity contribution is 1.32. The van der Waals surface area contributed by atoms with E-state index in [1.54, 1.807) is 0 Å². The molecule has 6 aromatic rings. The molecule has 0 nitrogen and oxygen atoms in total. The Labute approximate surface area is 253 Å². The molecular formula is C36H30BrClS2. The van der Waals surface area contributed by atoms with Gasteiger partial charge in [-0.15, -0.1) is 8.46 Å². The topological polar surface area (TPSA) is 0 Å². The molecule has 0 atom stereocenters. The maximum absolute atomic E-state index is 7.20. The van der Waals surface area contributed by atoms with Crippen LogP contribution in [0, 0.1) is 0 Å². The van der Waals surface area contributed by atoms with E-state index in [1.165, 1.54) is 29.4 Å². The highest BCUT2D eigenvalue weighted by Crippen LogP contribution is 2.74. The highest BCUT2D eigenvalue weighted by Gasteiger charge is 2.28. The molecule has 0 aliphatic heterocycles. The van der Waals surface area contributed by atoms with Crippen LogP contribution in [0.5, 0.6) is 0 Å². The van der Waals surface area contributed by atoms with Gasteiger partial charge >= 0.3 is 0 Å². The highest BCUT2D eigenvalue weighted by atomic mass is 79.9. The SMILES string of the molecule is BrS(c1ccccc1)(c1ccccc1)c1ccccc1.ClS(c1ccccc1)(c1ccccc1)c1ccccc1. The molecule has 0 saturated heterocycles. The van der Waals surface area contributed by atoms with Crippen molar-refractivity contribution < 1.29 is 0 Å². The molecule has 0 radical (unpaired) electrons. The van der Waals surface area contributed by atoms with Gasteiger partial charge in [-0.25, -0.2) is 0 Å². The maximum Gasteiger partial charge on any atom is 0.0116 e. The largest absolute Gasteiger partial charge is 0.101 e. The zero-order chi connectivity index (χ0) is 27.7. The molecule has 200 valence electrons. The Hall–Kier alpha value is -3.21. The van der Waals surface area contributed by atoms with E-state index in [0.717, 1.165) is 0 Å². The summed E-state index contributed by atoms with van der Waals surface area (Å²) < 4.78 is 0. The van der Waals surface area contributed by atoms with E-state index in [-0.39, 0.29) is 0 Å². The molecule has 0 amide bonds. The molecule has 4 heteroatoms. The summed E-state index contributed by atoms with van der Waals surface area (Å²) in [6.07, 6.45) is 0. The van der Waals surface area contributed by atoms with Gasteiger partial charge in [-0.2, -0.15) is 0 Å². The smallest absolute Gasteiger partial charge is 0.0116 e. The zero-order valence-electron chi connectivity index (χ0n) is 21.9. The molecule has 0 N–H and O–H groups in total. The van der Waals surface area contributed by atoms with Crippen LogP contribution in [-0.4, -0.2) is 0 Å². The number of hydrogen-bond acceptors (Lipinski definition) is 0. The van der Waals surface area contributed by atoms with Crippen LogP contribution >= 0.6 is 43.2 Å². The van der Waals surface area contributed by atoms with Gasteiger partial charge < -0.3 is 0 Å². The molecule has 0 aliphatic rings. The predicted octanol–water partition coefficient (Wildman–Crippen LogP) is 12.4. The predicted molar refractivity (Wildman–Crippen MR) is 178 cm³/mol. The second kappa shape index (κ2) is 13.4. The lowest BCUT2D eigenvalue weighted by Gasteiger charge is -2.34. The third-order valence-electron chi connectivity index (χ3n) is 6.41. The Balaban J connectivity index is 0.000000161. The third-order valence-corrected chi connectivity index (χ3v) is 16.9. The molecule has 40 heavy (non-hydrogen) atoms. The van der Waals surface area contributed by atoms with E-state index in [1.807, 2.05) is 54.6 Å². The number of halogens is 2. The van der Waals surface area contributed by atoms with Crippen molar-refractivity contribution >= 4 is 43.2 Å². The maximum atomic E-state index is 7.20. The molecule has 0 bridgehead atoms. The van der Waals surface area contributed by atoms with Crippen molar-refractivity contribution in [3.63, 3.8) is 0 Å². The molecule has 0 heterocycles. The molecule has 6 aromatic carbocycles. The molecular weight excluding hydrogens is 612 g/mol. The van der Waals surface area contributed by atoms with Crippen molar-refractivity contribution in [3.05, 3.63) is 182 Å². The molecule has 0 aliphatic carbocycles. The summed E-state index contributed by atoms with van der Waals surface area (Å²) >= 11 is 4.09. The average Bonchev–Trinajstić information content (AvgIpc) is 3.07. The minimum absolute atomic E-state index is 1.17. The van der Waals surface area contributed by atoms with Crippen LogP contribution in [0.25, 0.3) is 0 Å². The van der Waals surface area contributed by atoms with Crippen molar-refractivity contribution in [2.75, 3.05) is 0 Å². The number of hydrogen-bond donors (Lipinski definition) is 0. The summed E-state index contributed by atoms with van der Waals surface area (Å²) in [6.45, 7) is 0. The van der Waals surface area contributed by atoms with Gasteiger partial charge in [-0.1, -0.05) is 129 Å². The van der Waals surface area contributed by atoms with Crippen molar-refractivity contribution in [2.24, 2.45) is 0 Å². The fourth-order valence-electron chi connectivity index (χ4n) is 4.46. The Morgan fingerprint density at radius 1 is 0.300 bits per heavy atom. The van der Waals surface area contributed by atoms with E-state index in [2.05, 4.69) is 142 Å². The summed E-state index contributed by atoms with van der Waals surface area (Å²) in [5.41, 5.74) is 0. The van der Waals surface area contributed by atoms with Crippen molar-refractivity contribution in [3.8, 4) is 0 Å². The fraction of sp³-hybridized carbons (Fsp3) is 0. The molecule has 0 unspecified atom stereocenters. The summed E-state index contributed by atoms with van der Waals surface area (Å²) in [5.74, 6) is 0. The van der Waals surface area contributed by atoms with Crippen LogP contribution in [0.15, 0.2) is 211 Å². The standard InChI is InChI=1S/C18H15BrS.C18H15ClS/c2*19-20(16-10-4-1-5-11-16,17-12-6-2-7-13-17)18-14-8-3-9-15-18/h2*1-15H. The van der Waals surface area contributed by atoms with Crippen molar-refractivity contribution in [2.45, 2.75) is 29.4 Å². The van der Waals surface area contributed by atoms with Gasteiger partial charge in [0.2, 0.25) is 0 Å². The van der Waals surface area contributed by atoms with E-state index in [9.17, 15) is 0 Å². The van der Waals surface area contributed by atoms with Crippen LogP contribution in [0.4, 0.5) is 0 Å². The highest BCUT2D eigenvalue weighted by molar-refractivity contribution is 9.58. The van der Waals surface area contributed by atoms with E-state index in [4.69, 9.17) is 10.7 Å². The van der Waals surface area contributed by atoms with Gasteiger partial charge in [-0.3, -0.25) is 0 Å². The monoisotopic (exact) mass is 640 g/mol. The Morgan fingerprint density at radius 2 is 0.475 bits per heavy atom. The summed E-state index contributed by atoms with van der Waals surface area (Å²) in [4.78, 5) is 7.45. The van der Waals surface area contributed by atoms with E-state index >= 15 is 0 Å². The number of rotatable bonds is 6.